The minimum atomic E-state index is 0.174. The lowest BCUT2D eigenvalue weighted by atomic mass is 9.90. The number of nitrogens with two attached hydrogens (primary N) is 1. The Hall–Kier alpha value is -0.820. The Labute approximate surface area is 81.0 Å². The largest absolute Gasteiger partial charge is 0.324 e. The van der Waals surface area contributed by atoms with E-state index in [1.54, 1.807) is 0 Å². The second kappa shape index (κ2) is 5.03. The molecule has 0 bridgehead atoms. The van der Waals surface area contributed by atoms with Crippen molar-refractivity contribution in [3.63, 3.8) is 0 Å². The summed E-state index contributed by atoms with van der Waals surface area (Å²) >= 11 is 0. The Balaban J connectivity index is 2.72. The molecule has 0 heterocycles. The fraction of sp³-hybridized carbons (Fsp3) is 0.500. The lowest BCUT2D eigenvalue weighted by molar-refractivity contribution is 0.405. The molecule has 1 aromatic carbocycles. The van der Waals surface area contributed by atoms with Crippen LogP contribution in [0, 0.1) is 12.0 Å². The fourth-order valence-electron chi connectivity index (χ4n) is 1.68. The minimum Gasteiger partial charge on any atom is -0.324 e. The smallest absolute Gasteiger partial charge is 0.0323 e. The van der Waals surface area contributed by atoms with E-state index in [0.717, 1.165) is 12.8 Å². The third kappa shape index (κ3) is 2.56. The van der Waals surface area contributed by atoms with Gasteiger partial charge in [-0.3, -0.25) is 0 Å². The highest BCUT2D eigenvalue weighted by Gasteiger charge is 2.14. The minimum absolute atomic E-state index is 0.174. The lowest BCUT2D eigenvalue weighted by Crippen LogP contribution is -2.20. The van der Waals surface area contributed by atoms with Crippen LogP contribution >= 0.6 is 0 Å². The molecule has 1 aromatic rings. The topological polar surface area (TPSA) is 26.0 Å². The van der Waals surface area contributed by atoms with Gasteiger partial charge < -0.3 is 5.73 Å². The second-order valence-electron chi connectivity index (χ2n) is 3.44. The van der Waals surface area contributed by atoms with Gasteiger partial charge in [-0.2, -0.15) is 0 Å². The molecule has 0 aromatic heterocycles. The van der Waals surface area contributed by atoms with E-state index in [9.17, 15) is 0 Å². The zero-order chi connectivity index (χ0) is 9.68. The first-order valence-electron chi connectivity index (χ1n) is 5.01. The first kappa shape index (κ1) is 10.3. The SMILES string of the molecule is CCC(CC)C(N)c1c[c]ccc1. The van der Waals surface area contributed by atoms with Crippen LogP contribution < -0.4 is 5.73 Å². The fourth-order valence-corrected chi connectivity index (χ4v) is 1.68. The summed E-state index contributed by atoms with van der Waals surface area (Å²) < 4.78 is 0. The molecule has 1 heteroatoms. The van der Waals surface area contributed by atoms with Crippen LogP contribution in [-0.2, 0) is 0 Å². The molecule has 1 atom stereocenters. The average Bonchev–Trinajstić information content (AvgIpc) is 2.21. The van der Waals surface area contributed by atoms with E-state index < -0.39 is 0 Å². The third-order valence-corrected chi connectivity index (χ3v) is 2.67. The molecular weight excluding hydrogens is 158 g/mol. The molecule has 0 spiro atoms. The third-order valence-electron chi connectivity index (χ3n) is 2.67. The maximum atomic E-state index is 6.14. The number of hydrogen-bond donors (Lipinski definition) is 1. The van der Waals surface area contributed by atoms with Crippen molar-refractivity contribution in [2.45, 2.75) is 32.7 Å². The van der Waals surface area contributed by atoms with E-state index in [1.807, 2.05) is 18.2 Å². The molecule has 1 nitrogen and oxygen atoms in total. The Morgan fingerprint density at radius 3 is 2.54 bits per heavy atom. The van der Waals surface area contributed by atoms with Gasteiger partial charge in [0.2, 0.25) is 0 Å². The Kier molecular flexibility index (Phi) is 3.97. The van der Waals surface area contributed by atoms with E-state index in [2.05, 4.69) is 26.0 Å². The van der Waals surface area contributed by atoms with Gasteiger partial charge in [0.05, 0.1) is 0 Å². The van der Waals surface area contributed by atoms with Crippen molar-refractivity contribution in [1.29, 1.82) is 0 Å². The Bertz CT molecular complexity index is 226. The zero-order valence-electron chi connectivity index (χ0n) is 8.46. The summed E-state index contributed by atoms with van der Waals surface area (Å²) in [5.74, 6) is 0.593. The predicted molar refractivity (Wildman–Crippen MR) is 56.3 cm³/mol. The molecule has 1 radical (unpaired) electrons. The zero-order valence-corrected chi connectivity index (χ0v) is 8.46. The van der Waals surface area contributed by atoms with Gasteiger partial charge in [0, 0.05) is 6.04 Å². The normalized spacial score (nSPS) is 13.2. The van der Waals surface area contributed by atoms with Crippen molar-refractivity contribution >= 4 is 0 Å². The van der Waals surface area contributed by atoms with Gasteiger partial charge in [-0.05, 0) is 23.6 Å². The van der Waals surface area contributed by atoms with Crippen LogP contribution in [0.15, 0.2) is 24.3 Å². The molecule has 0 saturated heterocycles. The molecule has 0 fully saturated rings. The van der Waals surface area contributed by atoms with E-state index in [-0.39, 0.29) is 6.04 Å². The molecule has 2 N–H and O–H groups in total. The van der Waals surface area contributed by atoms with Gasteiger partial charge in [-0.1, -0.05) is 44.9 Å². The molecular formula is C12H18N. The Morgan fingerprint density at radius 1 is 1.38 bits per heavy atom. The number of benzene rings is 1. The van der Waals surface area contributed by atoms with Gasteiger partial charge in [0.25, 0.3) is 0 Å². The number of rotatable bonds is 4. The lowest BCUT2D eigenvalue weighted by Gasteiger charge is -2.21. The van der Waals surface area contributed by atoms with E-state index in [0.29, 0.717) is 5.92 Å². The van der Waals surface area contributed by atoms with Crippen LogP contribution in [0.25, 0.3) is 0 Å². The van der Waals surface area contributed by atoms with Gasteiger partial charge in [0.1, 0.15) is 0 Å². The van der Waals surface area contributed by atoms with Gasteiger partial charge in [-0.25, -0.2) is 0 Å². The van der Waals surface area contributed by atoms with E-state index in [4.69, 9.17) is 5.73 Å². The summed E-state index contributed by atoms with van der Waals surface area (Å²) in [4.78, 5) is 0. The Morgan fingerprint density at radius 2 is 2.08 bits per heavy atom. The van der Waals surface area contributed by atoms with Gasteiger partial charge in [-0.15, -0.1) is 0 Å². The molecule has 13 heavy (non-hydrogen) atoms. The van der Waals surface area contributed by atoms with Crippen molar-refractivity contribution in [3.8, 4) is 0 Å². The molecule has 0 aliphatic heterocycles. The molecule has 1 rings (SSSR count). The molecule has 0 aliphatic carbocycles. The van der Waals surface area contributed by atoms with Gasteiger partial charge >= 0.3 is 0 Å². The summed E-state index contributed by atoms with van der Waals surface area (Å²) in [6.45, 7) is 4.39. The van der Waals surface area contributed by atoms with Crippen LogP contribution in [0.3, 0.4) is 0 Å². The van der Waals surface area contributed by atoms with Crippen molar-refractivity contribution in [2.75, 3.05) is 0 Å². The highest BCUT2D eigenvalue weighted by Crippen LogP contribution is 2.24. The molecule has 71 valence electrons. The summed E-state index contributed by atoms with van der Waals surface area (Å²) in [5.41, 5.74) is 7.35. The first-order chi connectivity index (χ1) is 6.29. The van der Waals surface area contributed by atoms with Crippen LogP contribution in [0.5, 0.6) is 0 Å². The molecule has 1 unspecified atom stereocenters. The summed E-state index contributed by atoms with van der Waals surface area (Å²) in [7, 11) is 0. The van der Waals surface area contributed by atoms with Crippen LogP contribution in [0.1, 0.15) is 38.3 Å². The highest BCUT2D eigenvalue weighted by molar-refractivity contribution is 5.18. The monoisotopic (exact) mass is 176 g/mol. The molecule has 0 amide bonds. The summed E-state index contributed by atoms with van der Waals surface area (Å²) in [6.07, 6.45) is 2.29. The van der Waals surface area contributed by atoms with Crippen LogP contribution in [-0.4, -0.2) is 0 Å². The summed E-state index contributed by atoms with van der Waals surface area (Å²) in [5, 5.41) is 0. The van der Waals surface area contributed by atoms with Crippen LogP contribution in [0.4, 0.5) is 0 Å². The maximum absolute atomic E-state index is 6.14. The van der Waals surface area contributed by atoms with E-state index >= 15 is 0 Å². The maximum Gasteiger partial charge on any atom is 0.0323 e. The van der Waals surface area contributed by atoms with Crippen molar-refractivity contribution in [1.82, 2.24) is 0 Å². The standard InChI is InChI=1S/C12H18N/c1-3-10(4-2)12(13)11-8-6-5-7-9-11/h5-6,8-10,12H,3-4,13H2,1-2H3. The van der Waals surface area contributed by atoms with Crippen molar-refractivity contribution in [3.05, 3.63) is 35.9 Å². The van der Waals surface area contributed by atoms with Crippen molar-refractivity contribution in [2.24, 2.45) is 11.7 Å². The van der Waals surface area contributed by atoms with Gasteiger partial charge in [0.15, 0.2) is 0 Å². The second-order valence-corrected chi connectivity index (χ2v) is 3.44. The first-order valence-corrected chi connectivity index (χ1v) is 5.01. The van der Waals surface area contributed by atoms with E-state index in [1.165, 1.54) is 5.56 Å². The molecule has 0 aliphatic rings. The average molecular weight is 176 g/mol. The quantitative estimate of drug-likeness (QED) is 0.750. The van der Waals surface area contributed by atoms with Crippen LogP contribution in [0.2, 0.25) is 0 Å². The predicted octanol–water partition coefficient (Wildman–Crippen LogP) is 2.92. The highest BCUT2D eigenvalue weighted by atomic mass is 14.6. The number of hydrogen-bond acceptors (Lipinski definition) is 1. The summed E-state index contributed by atoms with van der Waals surface area (Å²) in [6, 6.07) is 11.2. The van der Waals surface area contributed by atoms with Crippen molar-refractivity contribution < 1.29 is 0 Å². The molecule has 0 saturated carbocycles.